The van der Waals surface area contributed by atoms with Crippen molar-refractivity contribution in [1.29, 1.82) is 0 Å². The van der Waals surface area contributed by atoms with Crippen LogP contribution in [0.5, 0.6) is 0 Å². The molecule has 7 nitrogen and oxygen atoms in total. The van der Waals surface area contributed by atoms with Crippen LogP contribution in [-0.4, -0.2) is 44.8 Å². The van der Waals surface area contributed by atoms with Crippen molar-refractivity contribution in [2.75, 3.05) is 18.4 Å². The highest BCUT2D eigenvalue weighted by Crippen LogP contribution is 2.31. The van der Waals surface area contributed by atoms with E-state index in [0.29, 0.717) is 40.5 Å². The Morgan fingerprint density at radius 1 is 0.977 bits per heavy atom. The van der Waals surface area contributed by atoms with Crippen LogP contribution in [0.1, 0.15) is 71.4 Å². The molecule has 5 rings (SSSR count). The molecule has 0 aliphatic carbocycles. The van der Waals surface area contributed by atoms with Crippen molar-refractivity contribution >= 4 is 30.0 Å². The minimum Gasteiger partial charge on any atom is -0.478 e. The molecule has 10 heteroatoms. The van der Waals surface area contributed by atoms with Crippen molar-refractivity contribution in [2.24, 2.45) is 0 Å². The second-order valence-electron chi connectivity index (χ2n) is 11.7. The number of carboxylic acids is 1. The number of anilines is 1. The van der Waals surface area contributed by atoms with Gasteiger partial charge in [0.25, 0.3) is 5.91 Å². The molecule has 0 atom stereocenters. The maximum atomic E-state index is 14.9. The Balaban J connectivity index is 0.00000423. The fourth-order valence-electron chi connectivity index (χ4n) is 5.44. The van der Waals surface area contributed by atoms with Crippen LogP contribution < -0.4 is 5.32 Å². The van der Waals surface area contributed by atoms with E-state index in [0.717, 1.165) is 31.5 Å². The molecule has 0 unspecified atom stereocenters. The summed E-state index contributed by atoms with van der Waals surface area (Å²) >= 11 is 0. The van der Waals surface area contributed by atoms with E-state index in [1.807, 2.05) is 32.9 Å². The van der Waals surface area contributed by atoms with Gasteiger partial charge in [-0.05, 0) is 113 Å². The highest BCUT2D eigenvalue weighted by atomic mass is 35.5. The molecule has 43 heavy (non-hydrogen) atoms. The van der Waals surface area contributed by atoms with Crippen molar-refractivity contribution in [3.8, 4) is 11.3 Å². The van der Waals surface area contributed by atoms with Crippen molar-refractivity contribution in [3.63, 3.8) is 0 Å². The van der Waals surface area contributed by atoms with Crippen LogP contribution in [0.15, 0.2) is 72.9 Å². The molecule has 2 N–H and O–H groups in total. The number of hydrogen-bond acceptors (Lipinski definition) is 4. The van der Waals surface area contributed by atoms with E-state index in [4.69, 9.17) is 5.11 Å². The molecule has 2 heterocycles. The molecule has 226 valence electrons. The molecule has 1 aromatic heterocycles. The first kappa shape index (κ1) is 31.8. The molecule has 1 fully saturated rings. The predicted octanol–water partition coefficient (Wildman–Crippen LogP) is 7.34. The van der Waals surface area contributed by atoms with Gasteiger partial charge in [0.05, 0.1) is 28.6 Å². The maximum absolute atomic E-state index is 14.9. The number of benzene rings is 3. The third-order valence-corrected chi connectivity index (χ3v) is 7.68. The third-order valence-electron chi connectivity index (χ3n) is 7.68. The fourth-order valence-corrected chi connectivity index (χ4v) is 5.44. The van der Waals surface area contributed by atoms with Gasteiger partial charge in [-0.2, -0.15) is 5.10 Å². The van der Waals surface area contributed by atoms with Crippen molar-refractivity contribution < 1.29 is 23.5 Å². The molecule has 1 aliphatic rings. The lowest BCUT2D eigenvalue weighted by molar-refractivity contribution is 0.0696. The number of hydrogen-bond donors (Lipinski definition) is 2. The van der Waals surface area contributed by atoms with Crippen molar-refractivity contribution in [1.82, 2.24) is 14.7 Å². The van der Waals surface area contributed by atoms with Gasteiger partial charge in [0, 0.05) is 23.4 Å². The van der Waals surface area contributed by atoms with Gasteiger partial charge in [-0.1, -0.05) is 12.1 Å². The average molecular weight is 609 g/mol. The lowest BCUT2D eigenvalue weighted by Crippen LogP contribution is -2.32. The number of likely N-dealkylation sites (tertiary alicyclic amines) is 1. The van der Waals surface area contributed by atoms with E-state index in [-0.39, 0.29) is 29.6 Å². The number of carbonyl (C=O) groups excluding carboxylic acids is 1. The summed E-state index contributed by atoms with van der Waals surface area (Å²) in [5.41, 5.74) is 3.48. The zero-order valence-electron chi connectivity index (χ0n) is 24.3. The number of aromatic nitrogens is 2. The molecule has 0 radical (unpaired) electrons. The first-order chi connectivity index (χ1) is 20.0. The van der Waals surface area contributed by atoms with Crippen LogP contribution in [0.3, 0.4) is 0 Å². The summed E-state index contributed by atoms with van der Waals surface area (Å²) in [5.74, 6) is -1.72. The Morgan fingerprint density at radius 3 is 2.23 bits per heavy atom. The molecule has 0 bridgehead atoms. The van der Waals surface area contributed by atoms with E-state index in [9.17, 15) is 18.4 Å². The normalized spacial score (nSPS) is 14.3. The number of rotatable bonds is 7. The Morgan fingerprint density at radius 2 is 1.63 bits per heavy atom. The van der Waals surface area contributed by atoms with Gasteiger partial charge in [0.15, 0.2) is 0 Å². The smallest absolute Gasteiger partial charge is 0.335 e. The molecule has 0 saturated carbocycles. The summed E-state index contributed by atoms with van der Waals surface area (Å²) in [4.78, 5) is 26.8. The minimum absolute atomic E-state index is 0. The standard InChI is InChI=1S/C33H34F2N4O3.ClH/c1-33(2,3)39-30(23-8-10-26(34)11-9-23)28(19-36-39)31(40)37-27-12-13-29(35)25(18-27)20-38-16-14-22(15-17-38)21-4-6-24(7-5-21)32(41)42;/h4-13,18-19,22H,14-17,20H2,1-3H3,(H,37,40)(H,41,42);1H. The first-order valence-corrected chi connectivity index (χ1v) is 14.0. The molecule has 1 aliphatic heterocycles. The Hall–Kier alpha value is -4.08. The lowest BCUT2D eigenvalue weighted by Gasteiger charge is -2.32. The van der Waals surface area contributed by atoms with Gasteiger partial charge in [-0.15, -0.1) is 12.4 Å². The number of carboxylic acid groups (broad SMARTS) is 1. The van der Waals surface area contributed by atoms with Crippen molar-refractivity contribution in [2.45, 2.75) is 51.6 Å². The maximum Gasteiger partial charge on any atom is 0.335 e. The number of halogens is 3. The van der Waals surface area contributed by atoms with Gasteiger partial charge < -0.3 is 10.4 Å². The summed E-state index contributed by atoms with van der Waals surface area (Å²) in [5, 5.41) is 16.5. The molecule has 1 amide bonds. The monoisotopic (exact) mass is 608 g/mol. The van der Waals surface area contributed by atoms with E-state index in [1.165, 1.54) is 30.5 Å². The summed E-state index contributed by atoms with van der Waals surface area (Å²) in [6.45, 7) is 7.86. The number of amides is 1. The molecule has 3 aromatic carbocycles. The quantitative estimate of drug-likeness (QED) is 0.229. The fraction of sp³-hybridized carbons (Fsp3) is 0.303. The summed E-state index contributed by atoms with van der Waals surface area (Å²) in [6.07, 6.45) is 3.27. The summed E-state index contributed by atoms with van der Waals surface area (Å²) in [7, 11) is 0. The molecular weight excluding hydrogens is 574 g/mol. The largest absolute Gasteiger partial charge is 0.478 e. The van der Waals surface area contributed by atoms with Crippen LogP contribution in [0.2, 0.25) is 0 Å². The SMILES string of the molecule is CC(C)(C)n1ncc(C(=O)Nc2ccc(F)c(CN3CCC(c4ccc(C(=O)O)cc4)CC3)c2)c1-c1ccc(F)cc1.Cl. The topological polar surface area (TPSA) is 87.5 Å². The number of piperidine rings is 1. The van der Waals surface area contributed by atoms with E-state index < -0.39 is 17.4 Å². The number of aromatic carboxylic acids is 1. The van der Waals surface area contributed by atoms with Crippen LogP contribution in [0.4, 0.5) is 14.5 Å². The van der Waals surface area contributed by atoms with Gasteiger partial charge in [0.1, 0.15) is 11.6 Å². The third kappa shape index (κ3) is 7.29. The van der Waals surface area contributed by atoms with E-state index in [1.54, 1.807) is 35.0 Å². The number of nitrogens with one attached hydrogen (secondary N) is 1. The zero-order valence-corrected chi connectivity index (χ0v) is 25.1. The van der Waals surface area contributed by atoms with Crippen LogP contribution in [0, 0.1) is 11.6 Å². The second-order valence-corrected chi connectivity index (χ2v) is 11.7. The van der Waals surface area contributed by atoms with Gasteiger partial charge in [-0.3, -0.25) is 14.4 Å². The van der Waals surface area contributed by atoms with Crippen LogP contribution in [0.25, 0.3) is 11.3 Å². The van der Waals surface area contributed by atoms with Gasteiger partial charge in [0.2, 0.25) is 0 Å². The first-order valence-electron chi connectivity index (χ1n) is 14.0. The van der Waals surface area contributed by atoms with E-state index in [2.05, 4.69) is 15.3 Å². The van der Waals surface area contributed by atoms with E-state index >= 15 is 0 Å². The molecule has 4 aromatic rings. The minimum atomic E-state index is -0.940. The van der Waals surface area contributed by atoms with Crippen molar-refractivity contribution in [3.05, 3.63) is 107 Å². The summed E-state index contributed by atoms with van der Waals surface area (Å²) < 4.78 is 30.2. The highest BCUT2D eigenvalue weighted by molar-refractivity contribution is 6.08. The average Bonchev–Trinajstić information content (AvgIpc) is 3.42. The Bertz CT molecular complexity index is 1590. The molecular formula is C33H35ClF2N4O3. The second kappa shape index (κ2) is 13.1. The summed E-state index contributed by atoms with van der Waals surface area (Å²) in [6, 6.07) is 17.5. The van der Waals surface area contributed by atoms with Crippen LogP contribution in [-0.2, 0) is 12.1 Å². The molecule has 1 saturated heterocycles. The van der Waals surface area contributed by atoms with Crippen LogP contribution >= 0.6 is 12.4 Å². The van der Waals surface area contributed by atoms with Gasteiger partial charge in [-0.25, -0.2) is 13.6 Å². The predicted molar refractivity (Wildman–Crippen MR) is 165 cm³/mol. The van der Waals surface area contributed by atoms with Gasteiger partial charge >= 0.3 is 5.97 Å². The Labute approximate surface area is 255 Å². The lowest BCUT2D eigenvalue weighted by atomic mass is 9.89. The Kier molecular flexibility index (Phi) is 9.67. The number of carbonyl (C=O) groups is 2. The zero-order chi connectivity index (χ0) is 30.0. The highest BCUT2D eigenvalue weighted by Gasteiger charge is 2.26. The molecule has 0 spiro atoms. The number of nitrogens with zero attached hydrogens (tertiary/aromatic N) is 3.